The van der Waals surface area contributed by atoms with Crippen molar-refractivity contribution in [3.05, 3.63) is 106 Å². The van der Waals surface area contributed by atoms with Crippen LogP contribution in [0, 0.1) is 0 Å². The molecule has 5 aromatic rings. The van der Waals surface area contributed by atoms with Gasteiger partial charge in [0.15, 0.2) is 40.6 Å². The Morgan fingerprint density at radius 3 is 1.83 bits per heavy atom. The minimum absolute atomic E-state index is 0.0275. The minimum atomic E-state index is -2.34. The summed E-state index contributed by atoms with van der Waals surface area (Å²) in [7, 11) is 0. The smallest absolute Gasteiger partial charge is 0.305 e. The molecular formula is C37H30O14S. The van der Waals surface area contributed by atoms with Crippen LogP contribution in [0.5, 0.6) is 69.0 Å². The van der Waals surface area contributed by atoms with E-state index in [-0.39, 0.29) is 45.1 Å². The Bertz CT molecular complexity index is 2220. The molecule has 14 nitrogen and oxygen atoms in total. The van der Waals surface area contributed by atoms with E-state index in [4.69, 9.17) is 14.2 Å². The Hall–Kier alpha value is -6.03. The van der Waals surface area contributed by atoms with Crippen LogP contribution in [-0.2, 0) is 11.5 Å². The highest BCUT2D eigenvalue weighted by molar-refractivity contribution is 7.98. The van der Waals surface area contributed by atoms with Gasteiger partial charge < -0.3 is 70.4 Å². The van der Waals surface area contributed by atoms with Crippen molar-refractivity contribution in [3.63, 3.8) is 0 Å². The molecule has 0 aliphatic carbocycles. The van der Waals surface area contributed by atoms with Gasteiger partial charge in [0, 0.05) is 46.2 Å². The van der Waals surface area contributed by atoms with Gasteiger partial charge in [-0.25, -0.2) is 0 Å². The third-order valence-corrected chi connectivity index (χ3v) is 11.0. The fraction of sp³-hybridized carbons (Fsp3) is 0.189. The average Bonchev–Trinajstić information content (AvgIpc) is 3.09. The van der Waals surface area contributed by atoms with E-state index < -0.39 is 87.0 Å². The quantitative estimate of drug-likeness (QED) is 0.110. The molecule has 0 saturated heterocycles. The molecule has 3 heterocycles. The highest BCUT2D eigenvalue weighted by atomic mass is 32.2. The average molecular weight is 731 g/mol. The van der Waals surface area contributed by atoms with Gasteiger partial charge in [-0.1, -0.05) is 30.3 Å². The van der Waals surface area contributed by atoms with Crippen molar-refractivity contribution in [2.24, 2.45) is 0 Å². The van der Waals surface area contributed by atoms with Crippen molar-refractivity contribution in [2.75, 3.05) is 0 Å². The molecule has 0 saturated carbocycles. The molecule has 8 rings (SSSR count). The molecule has 52 heavy (non-hydrogen) atoms. The van der Waals surface area contributed by atoms with Gasteiger partial charge in [0.1, 0.15) is 46.7 Å². The summed E-state index contributed by atoms with van der Waals surface area (Å²) in [5.74, 6) is -9.69. The van der Waals surface area contributed by atoms with Gasteiger partial charge in [-0.15, -0.1) is 11.8 Å². The van der Waals surface area contributed by atoms with Crippen LogP contribution in [0.25, 0.3) is 0 Å². The van der Waals surface area contributed by atoms with Gasteiger partial charge in [-0.05, 0) is 29.8 Å². The highest BCUT2D eigenvalue weighted by Gasteiger charge is 2.60. The lowest BCUT2D eigenvalue weighted by molar-refractivity contribution is -0.219. The second-order valence-corrected chi connectivity index (χ2v) is 13.9. The Morgan fingerprint density at radius 1 is 0.596 bits per heavy atom. The fourth-order valence-electron chi connectivity index (χ4n) is 7.18. The lowest BCUT2D eigenvalue weighted by Gasteiger charge is -2.50. The number of hydrogen-bond acceptors (Lipinski definition) is 15. The van der Waals surface area contributed by atoms with Crippen molar-refractivity contribution < 1.29 is 70.4 Å². The Morgan fingerprint density at radius 2 is 1.19 bits per heavy atom. The van der Waals surface area contributed by atoms with E-state index in [0.29, 0.717) is 5.75 Å². The normalized spacial score (nSPS) is 24.0. The van der Waals surface area contributed by atoms with E-state index in [1.54, 1.807) is 0 Å². The summed E-state index contributed by atoms with van der Waals surface area (Å²) in [5.41, 5.74) is 0.745. The molecule has 6 atom stereocenters. The summed E-state index contributed by atoms with van der Waals surface area (Å²) in [6.45, 7) is 0. The van der Waals surface area contributed by atoms with Crippen LogP contribution < -0.4 is 14.2 Å². The maximum atomic E-state index is 12.2. The number of fused-ring (bicyclic) bond motifs is 7. The third-order valence-electron chi connectivity index (χ3n) is 9.58. The van der Waals surface area contributed by atoms with E-state index in [2.05, 4.69) is 0 Å². The predicted molar refractivity (Wildman–Crippen MR) is 181 cm³/mol. The van der Waals surface area contributed by atoms with Gasteiger partial charge in [0.2, 0.25) is 0 Å². The highest BCUT2D eigenvalue weighted by Crippen LogP contribution is 2.64. The largest absolute Gasteiger partial charge is 0.508 e. The van der Waals surface area contributed by atoms with E-state index >= 15 is 0 Å². The number of ether oxygens (including phenoxy) is 3. The predicted octanol–water partition coefficient (Wildman–Crippen LogP) is 4.64. The van der Waals surface area contributed by atoms with Crippen LogP contribution >= 0.6 is 11.8 Å². The summed E-state index contributed by atoms with van der Waals surface area (Å²) in [6, 6.07) is 17.0. The van der Waals surface area contributed by atoms with E-state index in [1.807, 2.05) is 30.3 Å². The zero-order valence-electron chi connectivity index (χ0n) is 26.6. The van der Waals surface area contributed by atoms with Crippen molar-refractivity contribution in [2.45, 2.75) is 41.0 Å². The minimum Gasteiger partial charge on any atom is -0.508 e. The van der Waals surface area contributed by atoms with Crippen LogP contribution in [0.2, 0.25) is 0 Å². The molecule has 5 aromatic carbocycles. The van der Waals surface area contributed by atoms with Crippen molar-refractivity contribution in [3.8, 4) is 69.0 Å². The zero-order valence-corrected chi connectivity index (χ0v) is 27.4. The molecule has 15 heteroatoms. The number of phenolic OH excluding ortho intramolecular Hbond substituents is 9. The molecule has 3 aliphatic rings. The van der Waals surface area contributed by atoms with Crippen molar-refractivity contribution in [1.82, 2.24) is 0 Å². The monoisotopic (exact) mass is 730 g/mol. The molecule has 3 unspecified atom stereocenters. The van der Waals surface area contributed by atoms with E-state index in [0.717, 1.165) is 42.0 Å². The Balaban J connectivity index is 1.35. The standard InChI is InChI=1S/C37H30O14S/c38-17-10-18(39)26-24(11-17)50-37(16-8-21(42)31(45)22(43)9-16)36(48)29(26)27-25(51-37)12-23-28(32(27)46)35(52-13-14-4-2-1-3-5-14)33(47)34(49-23)15-6-19(40)30(44)20(41)7-15/h1-12,29,33-36,38-48H,13H2/t29?,33-,34+,35?,36+,37?/m1/s1. The maximum absolute atomic E-state index is 12.2. The number of hydrogen-bond donors (Lipinski definition) is 11. The molecule has 3 aliphatic heterocycles. The second kappa shape index (κ2) is 11.8. The molecule has 0 amide bonds. The summed E-state index contributed by atoms with van der Waals surface area (Å²) in [5, 5.41) is 118. The van der Waals surface area contributed by atoms with Crippen molar-refractivity contribution >= 4 is 11.8 Å². The lowest BCUT2D eigenvalue weighted by Crippen LogP contribution is -2.57. The van der Waals surface area contributed by atoms with Gasteiger partial charge in [-0.3, -0.25) is 0 Å². The Kier molecular flexibility index (Phi) is 7.50. The number of phenols is 9. The number of aliphatic hydroxyl groups excluding tert-OH is 2. The lowest BCUT2D eigenvalue weighted by atomic mass is 9.74. The molecule has 2 bridgehead atoms. The van der Waals surface area contributed by atoms with Gasteiger partial charge in [0.25, 0.3) is 0 Å². The van der Waals surface area contributed by atoms with Crippen LogP contribution in [0.4, 0.5) is 0 Å². The first-order valence-electron chi connectivity index (χ1n) is 15.8. The van der Waals surface area contributed by atoms with Gasteiger partial charge in [0.05, 0.1) is 16.7 Å². The molecule has 0 spiro atoms. The summed E-state index contributed by atoms with van der Waals surface area (Å²) in [4.78, 5) is 0. The first-order valence-corrected chi connectivity index (χ1v) is 16.9. The molecule has 0 radical (unpaired) electrons. The van der Waals surface area contributed by atoms with Crippen LogP contribution in [0.15, 0.2) is 72.8 Å². The number of aromatic hydroxyl groups is 9. The molecule has 268 valence electrons. The SMILES string of the molecule is Oc1cc(O)c2c(c1)OC1(c3cc(O)c(O)c(O)c3)Oc3cc4c(c(O)c3C2[C@@H]1O)C(SCc1ccccc1)[C@H](O)[C@H](c1cc(O)c(O)c(O)c1)O4. The zero-order chi connectivity index (χ0) is 36.8. The molecule has 11 N–H and O–H groups in total. The van der Waals surface area contributed by atoms with E-state index in [9.17, 15) is 56.2 Å². The van der Waals surface area contributed by atoms with Crippen LogP contribution in [-0.4, -0.2) is 68.4 Å². The number of benzene rings is 5. The summed E-state index contributed by atoms with van der Waals surface area (Å²) in [6.07, 6.45) is -4.55. The summed E-state index contributed by atoms with van der Waals surface area (Å²) >= 11 is 1.24. The molecule has 0 fully saturated rings. The topological polar surface area (TPSA) is 250 Å². The van der Waals surface area contributed by atoms with Gasteiger partial charge >= 0.3 is 5.79 Å². The second-order valence-electron chi connectivity index (χ2n) is 12.7. The van der Waals surface area contributed by atoms with Crippen LogP contribution in [0.3, 0.4) is 0 Å². The fourth-order valence-corrected chi connectivity index (χ4v) is 8.48. The van der Waals surface area contributed by atoms with Gasteiger partial charge in [-0.2, -0.15) is 0 Å². The number of rotatable bonds is 5. The summed E-state index contributed by atoms with van der Waals surface area (Å²) < 4.78 is 18.8. The Labute approximate surface area is 297 Å². The van der Waals surface area contributed by atoms with Crippen LogP contribution in [0.1, 0.15) is 50.7 Å². The number of thioether (sulfide) groups is 1. The molecular weight excluding hydrogens is 700 g/mol. The van der Waals surface area contributed by atoms with Crippen molar-refractivity contribution in [1.29, 1.82) is 0 Å². The van der Waals surface area contributed by atoms with E-state index in [1.165, 1.54) is 17.8 Å². The maximum Gasteiger partial charge on any atom is 0.305 e. The number of aliphatic hydroxyl groups is 2. The third kappa shape index (κ3) is 4.88. The molecule has 0 aromatic heterocycles. The first kappa shape index (κ1) is 33.1. The first-order chi connectivity index (χ1) is 24.8.